The Kier molecular flexibility index (Phi) is 3.01. The third kappa shape index (κ3) is 2.12. The second-order valence-electron chi connectivity index (χ2n) is 5.78. The molecular weight excluding hydrogens is 288 g/mol. The summed E-state index contributed by atoms with van der Waals surface area (Å²) in [5.74, 6) is -0.0191. The van der Waals surface area contributed by atoms with Gasteiger partial charge in [0.15, 0.2) is 0 Å². The van der Waals surface area contributed by atoms with Crippen LogP contribution < -0.4 is 4.90 Å². The summed E-state index contributed by atoms with van der Waals surface area (Å²) < 4.78 is 1.77. The highest BCUT2D eigenvalue weighted by atomic mass is 16.2. The summed E-state index contributed by atoms with van der Waals surface area (Å²) in [6, 6.07) is 15.5. The number of fused-ring (bicyclic) bond motifs is 3. The van der Waals surface area contributed by atoms with Gasteiger partial charge < -0.3 is 4.90 Å². The maximum Gasteiger partial charge on any atom is 0.260 e. The van der Waals surface area contributed by atoms with Crippen LogP contribution >= 0.6 is 0 Å². The molecule has 1 aliphatic heterocycles. The second kappa shape index (κ2) is 5.05. The summed E-state index contributed by atoms with van der Waals surface area (Å²) in [6.45, 7) is 4.41. The minimum atomic E-state index is -0.0191. The standard InChI is InChI=1S/C18H16N4O/c1-12-7-9-14(10-8-12)21-11-17-13(2)19-20-22(17)16-6-4-3-5-15(16)18(21)23/h3-10H,11H2,1-2H3. The van der Waals surface area contributed by atoms with Crippen molar-refractivity contribution in [2.75, 3.05) is 4.90 Å². The van der Waals surface area contributed by atoms with Crippen molar-refractivity contribution in [3.63, 3.8) is 0 Å². The molecule has 23 heavy (non-hydrogen) atoms. The van der Waals surface area contributed by atoms with Gasteiger partial charge in [0.2, 0.25) is 0 Å². The Labute approximate surface area is 134 Å². The van der Waals surface area contributed by atoms with Crippen LogP contribution in [-0.4, -0.2) is 20.9 Å². The van der Waals surface area contributed by atoms with Gasteiger partial charge in [-0.1, -0.05) is 35.0 Å². The molecule has 0 unspecified atom stereocenters. The average molecular weight is 304 g/mol. The van der Waals surface area contributed by atoms with Gasteiger partial charge in [0.05, 0.1) is 29.2 Å². The normalized spacial score (nSPS) is 13.5. The molecule has 0 saturated carbocycles. The Hall–Kier alpha value is -2.95. The number of carbonyl (C=O) groups is 1. The third-order valence-electron chi connectivity index (χ3n) is 4.22. The average Bonchev–Trinajstić information content (AvgIpc) is 2.87. The molecule has 0 N–H and O–H groups in total. The number of aryl methyl sites for hydroxylation is 2. The number of anilines is 1. The number of nitrogens with zero attached hydrogens (tertiary/aromatic N) is 4. The molecule has 0 bridgehead atoms. The molecule has 0 radical (unpaired) electrons. The first-order valence-electron chi connectivity index (χ1n) is 7.54. The summed E-state index contributed by atoms with van der Waals surface area (Å²) in [5.41, 5.74) is 5.23. The van der Waals surface area contributed by atoms with E-state index in [4.69, 9.17) is 0 Å². The highest BCUT2D eigenvalue weighted by Gasteiger charge is 2.28. The summed E-state index contributed by atoms with van der Waals surface area (Å²) in [4.78, 5) is 14.8. The van der Waals surface area contributed by atoms with E-state index >= 15 is 0 Å². The first-order chi connectivity index (χ1) is 11.1. The van der Waals surface area contributed by atoms with Gasteiger partial charge in [-0.25, -0.2) is 4.68 Å². The molecule has 0 atom stereocenters. The molecule has 1 aromatic heterocycles. The van der Waals surface area contributed by atoms with E-state index in [2.05, 4.69) is 10.3 Å². The van der Waals surface area contributed by atoms with Crippen LogP contribution in [0, 0.1) is 13.8 Å². The third-order valence-corrected chi connectivity index (χ3v) is 4.22. The summed E-state index contributed by atoms with van der Waals surface area (Å²) in [7, 11) is 0. The van der Waals surface area contributed by atoms with Crippen molar-refractivity contribution in [2.24, 2.45) is 0 Å². The molecule has 0 fully saturated rings. The molecule has 114 valence electrons. The molecule has 3 aromatic rings. The fourth-order valence-corrected chi connectivity index (χ4v) is 2.89. The van der Waals surface area contributed by atoms with Crippen LogP contribution in [0.4, 0.5) is 5.69 Å². The van der Waals surface area contributed by atoms with Crippen molar-refractivity contribution >= 4 is 11.6 Å². The fraction of sp³-hybridized carbons (Fsp3) is 0.167. The van der Waals surface area contributed by atoms with Crippen LogP contribution in [0.1, 0.15) is 27.3 Å². The predicted molar refractivity (Wildman–Crippen MR) is 87.8 cm³/mol. The van der Waals surface area contributed by atoms with Gasteiger partial charge in [-0.05, 0) is 38.1 Å². The van der Waals surface area contributed by atoms with Crippen LogP contribution in [0.15, 0.2) is 48.5 Å². The Morgan fingerprint density at radius 1 is 1.00 bits per heavy atom. The quantitative estimate of drug-likeness (QED) is 0.694. The van der Waals surface area contributed by atoms with Crippen molar-refractivity contribution < 1.29 is 4.79 Å². The highest BCUT2D eigenvalue weighted by Crippen LogP contribution is 2.28. The SMILES string of the molecule is Cc1ccc(N2Cc3c(C)nnn3-c3ccccc3C2=O)cc1. The Morgan fingerprint density at radius 2 is 1.74 bits per heavy atom. The number of hydrogen-bond acceptors (Lipinski definition) is 3. The molecule has 0 aliphatic carbocycles. The van der Waals surface area contributed by atoms with Crippen molar-refractivity contribution in [1.29, 1.82) is 0 Å². The molecule has 1 aliphatic rings. The number of para-hydroxylation sites is 1. The topological polar surface area (TPSA) is 51.0 Å². The van der Waals surface area contributed by atoms with Crippen LogP contribution in [-0.2, 0) is 6.54 Å². The molecule has 2 heterocycles. The van der Waals surface area contributed by atoms with Crippen LogP contribution in [0.25, 0.3) is 5.69 Å². The zero-order valence-electron chi connectivity index (χ0n) is 13.0. The lowest BCUT2D eigenvalue weighted by Gasteiger charge is -2.21. The van der Waals surface area contributed by atoms with Crippen LogP contribution in [0.3, 0.4) is 0 Å². The summed E-state index contributed by atoms with van der Waals surface area (Å²) >= 11 is 0. The number of aromatic nitrogens is 3. The number of rotatable bonds is 1. The highest BCUT2D eigenvalue weighted by molar-refractivity contribution is 6.08. The molecule has 0 saturated heterocycles. The Morgan fingerprint density at radius 3 is 2.52 bits per heavy atom. The van der Waals surface area contributed by atoms with Gasteiger partial charge in [-0.2, -0.15) is 0 Å². The van der Waals surface area contributed by atoms with E-state index in [1.54, 1.807) is 9.58 Å². The minimum Gasteiger partial charge on any atom is -0.302 e. The van der Waals surface area contributed by atoms with Crippen molar-refractivity contribution in [2.45, 2.75) is 20.4 Å². The summed E-state index contributed by atoms with van der Waals surface area (Å²) in [6.07, 6.45) is 0. The van der Waals surface area contributed by atoms with Crippen molar-refractivity contribution in [3.05, 3.63) is 71.0 Å². The largest absolute Gasteiger partial charge is 0.302 e. The maximum atomic E-state index is 13.1. The lowest BCUT2D eigenvalue weighted by atomic mass is 10.1. The zero-order valence-corrected chi connectivity index (χ0v) is 13.0. The lowest BCUT2D eigenvalue weighted by Crippen LogP contribution is -2.29. The molecule has 2 aromatic carbocycles. The Bertz CT molecular complexity index is 896. The van der Waals surface area contributed by atoms with Crippen molar-refractivity contribution in [1.82, 2.24) is 15.0 Å². The first kappa shape index (κ1) is 13.7. The van der Waals surface area contributed by atoms with E-state index in [0.717, 1.165) is 22.8 Å². The van der Waals surface area contributed by atoms with E-state index in [0.29, 0.717) is 12.1 Å². The summed E-state index contributed by atoms with van der Waals surface area (Å²) in [5, 5.41) is 8.40. The van der Waals surface area contributed by atoms with Gasteiger partial charge in [0.25, 0.3) is 5.91 Å². The first-order valence-corrected chi connectivity index (χ1v) is 7.54. The Balaban J connectivity index is 1.93. The van der Waals surface area contributed by atoms with Gasteiger partial charge in [0, 0.05) is 5.69 Å². The molecule has 5 nitrogen and oxygen atoms in total. The van der Waals surface area contributed by atoms with Crippen LogP contribution in [0.2, 0.25) is 0 Å². The van der Waals surface area contributed by atoms with E-state index in [-0.39, 0.29) is 5.91 Å². The molecule has 5 heteroatoms. The smallest absolute Gasteiger partial charge is 0.260 e. The fourth-order valence-electron chi connectivity index (χ4n) is 2.89. The predicted octanol–water partition coefficient (Wildman–Crippen LogP) is 3.04. The lowest BCUT2D eigenvalue weighted by molar-refractivity contribution is 0.0986. The van der Waals surface area contributed by atoms with Gasteiger partial charge >= 0.3 is 0 Å². The number of hydrogen-bond donors (Lipinski definition) is 0. The number of carbonyl (C=O) groups excluding carboxylic acids is 1. The van der Waals surface area contributed by atoms with Gasteiger partial charge in [-0.3, -0.25) is 4.79 Å². The zero-order chi connectivity index (χ0) is 16.0. The van der Waals surface area contributed by atoms with Crippen molar-refractivity contribution in [3.8, 4) is 5.69 Å². The minimum absolute atomic E-state index is 0.0191. The van der Waals surface area contributed by atoms with Gasteiger partial charge in [-0.15, -0.1) is 5.10 Å². The second-order valence-corrected chi connectivity index (χ2v) is 5.78. The molecular formula is C18H16N4O. The molecule has 0 spiro atoms. The molecule has 4 rings (SSSR count). The van der Waals surface area contributed by atoms with E-state index in [9.17, 15) is 4.79 Å². The monoisotopic (exact) mass is 304 g/mol. The maximum absolute atomic E-state index is 13.1. The van der Waals surface area contributed by atoms with Crippen LogP contribution in [0.5, 0.6) is 0 Å². The number of benzene rings is 2. The van der Waals surface area contributed by atoms with E-state index in [1.165, 1.54) is 5.56 Å². The van der Waals surface area contributed by atoms with Gasteiger partial charge in [0.1, 0.15) is 0 Å². The van der Waals surface area contributed by atoms with E-state index < -0.39 is 0 Å². The van der Waals surface area contributed by atoms with E-state index in [1.807, 2.05) is 62.4 Å². The molecule has 1 amide bonds. The number of amides is 1.